The number of hydrogen-bond acceptors (Lipinski definition) is 10. The number of nitrogens with zero attached hydrogens (tertiary/aromatic N) is 1. The minimum absolute atomic E-state index is 0.232. The minimum atomic E-state index is -3.38. The Labute approximate surface area is 218 Å². The third kappa shape index (κ3) is 6.04. The van der Waals surface area contributed by atoms with Gasteiger partial charge in [0.25, 0.3) is 5.56 Å². The molecule has 6 atom stereocenters. The quantitative estimate of drug-likeness (QED) is 0.287. The van der Waals surface area contributed by atoms with Crippen LogP contribution in [0.15, 0.2) is 52.2 Å². The third-order valence-electron chi connectivity index (χ3n) is 5.98. The number of aliphatic hydroxyl groups excluding tert-OH is 1. The number of para-hydroxylation sites is 1. The second-order valence-corrected chi connectivity index (χ2v) is 12.2. The second-order valence-electron chi connectivity index (χ2n) is 9.08. The fourth-order valence-corrected chi connectivity index (χ4v) is 6.55. The van der Waals surface area contributed by atoms with Gasteiger partial charge in [0.1, 0.15) is 29.6 Å². The van der Waals surface area contributed by atoms with Crippen LogP contribution < -0.4 is 20.9 Å². The van der Waals surface area contributed by atoms with Gasteiger partial charge in [-0.2, -0.15) is 0 Å². The third-order valence-corrected chi connectivity index (χ3v) is 8.48. The van der Waals surface area contributed by atoms with Crippen molar-refractivity contribution < 1.29 is 33.2 Å². The van der Waals surface area contributed by atoms with Crippen molar-refractivity contribution in [2.45, 2.75) is 63.4 Å². The van der Waals surface area contributed by atoms with E-state index >= 15 is 0 Å². The average molecular weight is 556 g/mol. The molecule has 0 radical (unpaired) electrons. The van der Waals surface area contributed by atoms with Gasteiger partial charge >= 0.3 is 18.3 Å². The predicted molar refractivity (Wildman–Crippen MR) is 136 cm³/mol. The summed E-state index contributed by atoms with van der Waals surface area (Å²) in [5.41, 5.74) is -2.45. The Morgan fingerprint density at radius 3 is 2.59 bits per heavy atom. The first-order valence-corrected chi connectivity index (χ1v) is 14.4. The first kappa shape index (κ1) is 27.6. The van der Waals surface area contributed by atoms with E-state index in [0.717, 1.165) is 0 Å². The Hall–Kier alpha value is -2.38. The molecule has 14 heteroatoms. The van der Waals surface area contributed by atoms with Crippen LogP contribution in [-0.2, 0) is 35.3 Å². The van der Waals surface area contributed by atoms with Gasteiger partial charge in [-0.05, 0) is 44.7 Å². The lowest BCUT2D eigenvalue weighted by Gasteiger charge is -2.44. The lowest BCUT2D eigenvalue weighted by molar-refractivity contribution is -0.227. The average Bonchev–Trinajstić information content (AvgIpc) is 3.10. The topological polar surface area (TPSA) is 150 Å². The fourth-order valence-electron chi connectivity index (χ4n) is 4.13. The highest BCUT2D eigenvalue weighted by atomic mass is 32.5. The number of H-pyrrole nitrogens is 1. The van der Waals surface area contributed by atoms with Gasteiger partial charge in [-0.25, -0.2) is 9.88 Å². The van der Waals surface area contributed by atoms with E-state index < -0.39 is 53.9 Å². The summed E-state index contributed by atoms with van der Waals surface area (Å²) >= 11 is 5.71. The number of ether oxygens (including phenoxy) is 3. The first-order valence-electron chi connectivity index (χ1n) is 11.8. The highest BCUT2D eigenvalue weighted by Gasteiger charge is 2.62. The number of aromatic nitrogens is 2. The number of aromatic amines is 1. The van der Waals surface area contributed by atoms with Crippen LogP contribution in [0.25, 0.3) is 0 Å². The van der Waals surface area contributed by atoms with Gasteiger partial charge in [-0.1, -0.05) is 18.2 Å². The van der Waals surface area contributed by atoms with Gasteiger partial charge in [0.15, 0.2) is 6.23 Å². The number of hydrogen-bond donors (Lipinski definition) is 3. The standard InChI is InChI=1S/C23H30N3O9PS/c1-14(2)33-20(29)15(3)25-36(37,35-16-7-5-4-6-8-16)32-13-17-19(28)23(10-12-31-23)21(34-17)26-11-9-18(27)24-22(26)30/h4-9,11,14-15,17,19,21,28H,10,12-13H2,1-3H3,(H,25,37)(H,24,27,30)/t15-,17+,19+,21+,23+,36?/m0/s1. The number of esters is 1. The summed E-state index contributed by atoms with van der Waals surface area (Å²) in [6.45, 7) is 1.81. The van der Waals surface area contributed by atoms with Gasteiger partial charge in [0.05, 0.1) is 19.3 Å². The van der Waals surface area contributed by atoms with Gasteiger partial charge in [0, 0.05) is 18.7 Å². The molecule has 0 amide bonds. The summed E-state index contributed by atoms with van der Waals surface area (Å²) in [7, 11) is 0. The molecule has 1 aromatic heterocycles. The van der Waals surface area contributed by atoms with Crippen molar-refractivity contribution in [1.82, 2.24) is 14.6 Å². The van der Waals surface area contributed by atoms with E-state index in [1.54, 1.807) is 45.0 Å². The normalized spacial score (nSPS) is 27.4. The lowest BCUT2D eigenvalue weighted by Crippen LogP contribution is -2.57. The van der Waals surface area contributed by atoms with Gasteiger partial charge in [-0.15, -0.1) is 0 Å². The molecule has 3 heterocycles. The van der Waals surface area contributed by atoms with Crippen LogP contribution in [0.2, 0.25) is 0 Å². The van der Waals surface area contributed by atoms with Crippen LogP contribution in [0.3, 0.4) is 0 Å². The van der Waals surface area contributed by atoms with E-state index in [4.69, 9.17) is 35.1 Å². The summed E-state index contributed by atoms with van der Waals surface area (Å²) in [6, 6.07) is 9.06. The van der Waals surface area contributed by atoms with Crippen LogP contribution in [0.5, 0.6) is 5.75 Å². The molecular formula is C23H30N3O9PS. The molecule has 1 aromatic carbocycles. The van der Waals surface area contributed by atoms with Gasteiger partial charge < -0.3 is 28.4 Å². The van der Waals surface area contributed by atoms with Crippen molar-refractivity contribution in [2.24, 2.45) is 0 Å². The van der Waals surface area contributed by atoms with Crippen LogP contribution >= 0.6 is 6.64 Å². The van der Waals surface area contributed by atoms with E-state index in [0.29, 0.717) is 18.8 Å². The molecule has 1 spiro atoms. The maximum Gasteiger partial charge on any atom is 0.330 e. The molecule has 2 aliphatic heterocycles. The Morgan fingerprint density at radius 1 is 1.30 bits per heavy atom. The fraction of sp³-hybridized carbons (Fsp3) is 0.522. The summed E-state index contributed by atoms with van der Waals surface area (Å²) < 4.78 is 30.2. The van der Waals surface area contributed by atoms with Gasteiger partial charge in [-0.3, -0.25) is 19.1 Å². The van der Waals surface area contributed by atoms with Crippen LogP contribution in [0.1, 0.15) is 33.4 Å². The van der Waals surface area contributed by atoms with E-state index in [1.807, 2.05) is 6.07 Å². The summed E-state index contributed by atoms with van der Waals surface area (Å²) in [6.07, 6.45) is -1.74. The Morgan fingerprint density at radius 2 is 2.00 bits per heavy atom. The highest BCUT2D eigenvalue weighted by molar-refractivity contribution is 8.09. The van der Waals surface area contributed by atoms with Crippen molar-refractivity contribution in [3.05, 3.63) is 63.4 Å². The molecule has 202 valence electrons. The predicted octanol–water partition coefficient (Wildman–Crippen LogP) is 1.20. The van der Waals surface area contributed by atoms with Crippen molar-refractivity contribution >= 4 is 24.4 Å². The molecule has 0 bridgehead atoms. The highest BCUT2D eigenvalue weighted by Crippen LogP contribution is 2.50. The summed E-state index contributed by atoms with van der Waals surface area (Å²) in [4.78, 5) is 38.5. The monoisotopic (exact) mass is 555 g/mol. The smallest absolute Gasteiger partial charge is 0.330 e. The lowest BCUT2D eigenvalue weighted by atomic mass is 9.86. The van der Waals surface area contributed by atoms with E-state index in [1.165, 1.54) is 16.8 Å². The Kier molecular flexibility index (Phi) is 8.34. The zero-order chi connectivity index (χ0) is 26.8. The van der Waals surface area contributed by atoms with E-state index in [-0.39, 0.29) is 12.7 Å². The molecular weight excluding hydrogens is 525 g/mol. The molecule has 3 N–H and O–H groups in total. The molecule has 2 saturated heterocycles. The van der Waals surface area contributed by atoms with Crippen molar-refractivity contribution in [3.8, 4) is 5.75 Å². The second kappa shape index (κ2) is 11.2. The largest absolute Gasteiger partial charge is 0.462 e. The van der Waals surface area contributed by atoms with Gasteiger partial charge in [0.2, 0.25) is 0 Å². The Balaban J connectivity index is 1.53. The SMILES string of the molecule is CC(C)OC(=O)[C@H](C)NP(=S)(OC[C@H]1O[C@@H](n2ccc(=O)[nH]c2=O)[C@@]2(CCO2)[C@@H]1O)Oc1ccccc1. The molecule has 2 fully saturated rings. The number of carbonyl (C=O) groups is 1. The number of aliphatic hydroxyl groups is 1. The minimum Gasteiger partial charge on any atom is -0.462 e. The summed E-state index contributed by atoms with van der Waals surface area (Å²) in [5, 5.41) is 14.1. The number of rotatable bonds is 10. The molecule has 37 heavy (non-hydrogen) atoms. The molecule has 0 saturated carbocycles. The molecule has 2 aromatic rings. The maximum atomic E-state index is 12.4. The maximum absolute atomic E-state index is 12.4. The number of carbonyl (C=O) groups excluding carboxylic acids is 1. The number of nitrogens with one attached hydrogen (secondary N) is 2. The zero-order valence-electron chi connectivity index (χ0n) is 20.6. The molecule has 4 rings (SSSR count). The van der Waals surface area contributed by atoms with E-state index in [2.05, 4.69) is 10.1 Å². The summed E-state index contributed by atoms with van der Waals surface area (Å²) in [5.74, 6) is -0.104. The van der Waals surface area contributed by atoms with Crippen molar-refractivity contribution in [3.63, 3.8) is 0 Å². The first-order chi connectivity index (χ1) is 17.5. The zero-order valence-corrected chi connectivity index (χ0v) is 22.3. The molecule has 0 aliphatic carbocycles. The van der Waals surface area contributed by atoms with Crippen LogP contribution in [0, 0.1) is 0 Å². The van der Waals surface area contributed by atoms with E-state index in [9.17, 15) is 19.5 Å². The molecule has 12 nitrogen and oxygen atoms in total. The Bertz CT molecular complexity index is 1260. The van der Waals surface area contributed by atoms with Crippen LogP contribution in [0.4, 0.5) is 0 Å². The molecule has 1 unspecified atom stereocenters. The number of benzene rings is 1. The van der Waals surface area contributed by atoms with Crippen LogP contribution in [-0.4, -0.2) is 63.8 Å². The van der Waals surface area contributed by atoms with Crippen molar-refractivity contribution in [1.29, 1.82) is 0 Å². The molecule has 2 aliphatic rings. The van der Waals surface area contributed by atoms with Crippen molar-refractivity contribution in [2.75, 3.05) is 13.2 Å².